The molecule has 8 nitrogen and oxygen atoms in total. The average molecular weight is 755 g/mol. The maximum absolute atomic E-state index is 13.6. The molecule has 2 aliphatic rings. The van der Waals surface area contributed by atoms with E-state index in [2.05, 4.69) is 4.90 Å². The number of carbonyl (C=O) groups is 2. The van der Waals surface area contributed by atoms with Crippen LogP contribution >= 0.6 is 24.0 Å². The third-order valence-corrected chi connectivity index (χ3v) is 9.53. The van der Waals surface area contributed by atoms with Gasteiger partial charge in [-0.1, -0.05) is 30.0 Å². The second-order valence-corrected chi connectivity index (χ2v) is 13.3. The van der Waals surface area contributed by atoms with Gasteiger partial charge in [-0.2, -0.15) is 26.3 Å². The van der Waals surface area contributed by atoms with Crippen molar-refractivity contribution in [3.63, 3.8) is 0 Å². The number of hydrogen-bond donors (Lipinski definition) is 1. The van der Waals surface area contributed by atoms with Gasteiger partial charge in [-0.3, -0.25) is 14.6 Å². The predicted octanol–water partition coefficient (Wildman–Crippen LogP) is 8.24. The molecule has 5 rings (SSSR count). The van der Waals surface area contributed by atoms with E-state index in [0.29, 0.717) is 36.6 Å². The number of nitrogens with zero attached hydrogens (tertiary/aromatic N) is 2. The van der Waals surface area contributed by atoms with Gasteiger partial charge in [0, 0.05) is 18.7 Å². The van der Waals surface area contributed by atoms with Gasteiger partial charge in [-0.25, -0.2) is 4.79 Å². The Hall–Kier alpha value is -4.28. The fourth-order valence-corrected chi connectivity index (χ4v) is 6.84. The molecule has 0 atom stereocenters. The van der Waals surface area contributed by atoms with E-state index in [1.165, 1.54) is 54.5 Å². The number of carbonyl (C=O) groups excluding carboxylic acids is 1. The normalized spacial score (nSPS) is 16.3. The molecular weight excluding hydrogens is 723 g/mol. The highest BCUT2D eigenvalue weighted by atomic mass is 32.2. The molecule has 2 fully saturated rings. The summed E-state index contributed by atoms with van der Waals surface area (Å²) in [5, 5.41) is 9.19. The van der Waals surface area contributed by atoms with Crippen LogP contribution in [0.2, 0.25) is 0 Å². The Balaban J connectivity index is 1.37. The maximum Gasteiger partial charge on any atom is 0.416 e. The number of benzene rings is 3. The number of halogens is 6. The lowest BCUT2D eigenvalue weighted by Crippen LogP contribution is -2.30. The lowest BCUT2D eigenvalue weighted by Gasteiger charge is -2.18. The van der Waals surface area contributed by atoms with E-state index in [9.17, 15) is 41.0 Å². The Morgan fingerprint density at radius 2 is 1.51 bits per heavy atom. The van der Waals surface area contributed by atoms with Crippen molar-refractivity contribution in [1.82, 2.24) is 9.80 Å². The minimum Gasteiger partial charge on any atom is -0.493 e. The molecule has 0 radical (unpaired) electrons. The van der Waals surface area contributed by atoms with E-state index in [1.807, 2.05) is 0 Å². The van der Waals surface area contributed by atoms with Crippen LogP contribution < -0.4 is 14.2 Å². The van der Waals surface area contributed by atoms with Crippen LogP contribution in [-0.4, -0.2) is 77.6 Å². The molecule has 51 heavy (non-hydrogen) atoms. The van der Waals surface area contributed by atoms with Crippen LogP contribution in [0.25, 0.3) is 17.2 Å². The quantitative estimate of drug-likeness (QED) is 0.0803. The van der Waals surface area contributed by atoms with Crippen LogP contribution in [0.15, 0.2) is 59.5 Å². The van der Waals surface area contributed by atoms with Crippen molar-refractivity contribution in [3.05, 3.63) is 81.8 Å². The predicted molar refractivity (Wildman–Crippen MR) is 183 cm³/mol. The minimum atomic E-state index is -5.02. The molecule has 1 N–H and O–H groups in total. The summed E-state index contributed by atoms with van der Waals surface area (Å²) in [7, 11) is 1.37. The van der Waals surface area contributed by atoms with Crippen LogP contribution in [0.5, 0.6) is 17.2 Å². The fraction of sp³-hybridized carbons (Fsp3) is 0.343. The van der Waals surface area contributed by atoms with Gasteiger partial charge in [0.1, 0.15) is 16.7 Å². The molecule has 2 saturated heterocycles. The Morgan fingerprint density at radius 3 is 2.14 bits per heavy atom. The molecule has 16 heteroatoms. The first-order valence-electron chi connectivity index (χ1n) is 15.7. The van der Waals surface area contributed by atoms with Gasteiger partial charge in [0.15, 0.2) is 11.5 Å². The number of rotatable bonds is 13. The summed E-state index contributed by atoms with van der Waals surface area (Å²) in [4.78, 5) is 28.5. The molecule has 3 aromatic rings. The zero-order chi connectivity index (χ0) is 36.9. The maximum atomic E-state index is 13.6. The van der Waals surface area contributed by atoms with Gasteiger partial charge < -0.3 is 19.3 Å². The topological polar surface area (TPSA) is 88.5 Å². The van der Waals surface area contributed by atoms with E-state index in [1.54, 1.807) is 0 Å². The van der Waals surface area contributed by atoms with E-state index in [0.717, 1.165) is 37.7 Å². The van der Waals surface area contributed by atoms with Crippen molar-refractivity contribution in [1.29, 1.82) is 0 Å². The highest BCUT2D eigenvalue weighted by molar-refractivity contribution is 8.26. The number of hydrogen-bond acceptors (Lipinski definition) is 8. The third kappa shape index (κ3) is 9.54. The van der Waals surface area contributed by atoms with Crippen LogP contribution in [0.1, 0.15) is 46.3 Å². The number of aromatic carboxylic acids is 1. The molecule has 3 aromatic carbocycles. The number of carboxylic acids is 1. The average Bonchev–Trinajstić information content (AvgIpc) is 3.69. The molecule has 272 valence electrons. The summed E-state index contributed by atoms with van der Waals surface area (Å²) >= 11 is 6.46. The molecule has 2 aliphatic heterocycles. The zero-order valence-electron chi connectivity index (χ0n) is 27.1. The smallest absolute Gasteiger partial charge is 0.416 e. The summed E-state index contributed by atoms with van der Waals surface area (Å²) < 4.78 is 99.0. The summed E-state index contributed by atoms with van der Waals surface area (Å²) in [6.07, 6.45) is -6.10. The van der Waals surface area contributed by atoms with Crippen molar-refractivity contribution >= 4 is 46.3 Å². The number of alkyl halides is 6. The van der Waals surface area contributed by atoms with E-state index in [4.69, 9.17) is 26.4 Å². The second-order valence-electron chi connectivity index (χ2n) is 11.7. The molecule has 0 unspecified atom stereocenters. The first kappa shape index (κ1) is 38.0. The molecular formula is C35H32F6N2O6S2. The highest BCUT2D eigenvalue weighted by Crippen LogP contribution is 2.41. The van der Waals surface area contributed by atoms with Crippen LogP contribution in [0, 0.1) is 0 Å². The van der Waals surface area contributed by atoms with Crippen molar-refractivity contribution < 1.29 is 55.2 Å². The van der Waals surface area contributed by atoms with Gasteiger partial charge in [0.05, 0.1) is 35.3 Å². The molecule has 1 amide bonds. The summed E-state index contributed by atoms with van der Waals surface area (Å²) in [5.74, 6) is -0.735. The molecule has 2 heterocycles. The van der Waals surface area contributed by atoms with E-state index < -0.39 is 35.4 Å². The van der Waals surface area contributed by atoms with Crippen LogP contribution in [0.4, 0.5) is 26.3 Å². The first-order valence-corrected chi connectivity index (χ1v) is 16.9. The Labute approximate surface area is 299 Å². The standard InChI is InChI=1S/C35H32F6N2O6S2/c1-47-29-18-22(32(45)46)6-8-28(29)48-13-4-11-43-31(44)30(51-33(43)50)19-24-15-21(5-7-27(24)49-14-12-42-9-2-3-10-42)23-16-25(34(36,37)38)20-26(17-23)35(39,40)41/h5-8,15-20H,2-4,9-14H2,1H3,(H,45,46)/b30-19-. The Morgan fingerprint density at radius 1 is 0.863 bits per heavy atom. The minimum absolute atomic E-state index is 0.0233. The van der Waals surface area contributed by atoms with Crippen molar-refractivity contribution in [2.45, 2.75) is 31.6 Å². The lowest BCUT2D eigenvalue weighted by atomic mass is 9.97. The van der Waals surface area contributed by atoms with E-state index >= 15 is 0 Å². The summed E-state index contributed by atoms with van der Waals surface area (Å²) in [6, 6.07) is 9.78. The number of methoxy groups -OCH3 is 1. The fourth-order valence-electron chi connectivity index (χ4n) is 5.54. The molecule has 0 bridgehead atoms. The monoisotopic (exact) mass is 754 g/mol. The van der Waals surface area contributed by atoms with Gasteiger partial charge in [-0.05, 0) is 98.1 Å². The van der Waals surface area contributed by atoms with Gasteiger partial charge in [-0.15, -0.1) is 0 Å². The third-order valence-electron chi connectivity index (χ3n) is 8.15. The Bertz CT molecular complexity index is 1790. The number of amides is 1. The van der Waals surface area contributed by atoms with E-state index in [-0.39, 0.29) is 63.1 Å². The molecule has 0 saturated carbocycles. The van der Waals surface area contributed by atoms with Crippen molar-refractivity contribution in [2.24, 2.45) is 0 Å². The second kappa shape index (κ2) is 15.9. The number of carboxylic acid groups (broad SMARTS) is 1. The molecule has 0 aromatic heterocycles. The van der Waals surface area contributed by atoms with Crippen LogP contribution in [-0.2, 0) is 17.1 Å². The van der Waals surface area contributed by atoms with Crippen molar-refractivity contribution in [3.8, 4) is 28.4 Å². The van der Waals surface area contributed by atoms with Gasteiger partial charge in [0.2, 0.25) is 0 Å². The number of thiocarbonyl (C=S) groups is 1. The zero-order valence-corrected chi connectivity index (χ0v) is 28.7. The van der Waals surface area contributed by atoms with Crippen molar-refractivity contribution in [2.75, 3.05) is 46.5 Å². The molecule has 0 spiro atoms. The number of likely N-dealkylation sites (tertiary alicyclic amines) is 1. The van der Waals surface area contributed by atoms with Gasteiger partial charge >= 0.3 is 18.3 Å². The highest BCUT2D eigenvalue weighted by Gasteiger charge is 2.37. The van der Waals surface area contributed by atoms with Crippen LogP contribution in [0.3, 0.4) is 0 Å². The molecule has 0 aliphatic carbocycles. The summed E-state index contributed by atoms with van der Waals surface area (Å²) in [5.41, 5.74) is -2.84. The van der Waals surface area contributed by atoms with Gasteiger partial charge in [0.25, 0.3) is 5.91 Å². The number of ether oxygens (including phenoxy) is 3. The SMILES string of the molecule is COc1cc(C(=O)O)ccc1OCCCN1C(=O)/C(=C/c2cc(-c3cc(C(F)(F)F)cc(C(F)(F)F)c3)ccc2OCCN2CCCC2)SC1=S. The lowest BCUT2D eigenvalue weighted by molar-refractivity contribution is -0.143. The largest absolute Gasteiger partial charge is 0.493 e. The Kier molecular flexibility index (Phi) is 11.9. The summed E-state index contributed by atoms with van der Waals surface area (Å²) in [6.45, 7) is 3.03. The number of thioether (sulfide) groups is 1. The first-order chi connectivity index (χ1) is 24.1.